The van der Waals surface area contributed by atoms with E-state index in [9.17, 15) is 0 Å². The Bertz CT molecular complexity index is 1080. The molecule has 0 saturated heterocycles. The number of unbranched alkanes of at least 4 members (excludes halogenated alkanes) is 3. The zero-order valence-corrected chi connectivity index (χ0v) is 39.8. The molecular formula is C44H86O4PSi2+. The first-order valence-electron chi connectivity index (χ1n) is 20.7. The average Bonchev–Trinajstić information content (AvgIpc) is 3.03. The second-order valence-corrected chi connectivity index (χ2v) is 32.8. The maximum absolute atomic E-state index is 7.40. The largest absolute Gasteiger partial charge is 0.497 e. The summed E-state index contributed by atoms with van der Waals surface area (Å²) >= 11 is 0. The van der Waals surface area contributed by atoms with E-state index in [1.165, 1.54) is 68.7 Å². The van der Waals surface area contributed by atoms with Gasteiger partial charge in [0.05, 0.1) is 50.6 Å². The van der Waals surface area contributed by atoms with Crippen molar-refractivity contribution in [2.45, 2.75) is 189 Å². The molecule has 7 heteroatoms. The molecule has 0 radical (unpaired) electrons. The van der Waals surface area contributed by atoms with Crippen molar-refractivity contribution in [2.75, 3.05) is 31.8 Å². The van der Waals surface area contributed by atoms with Crippen LogP contribution in [-0.4, -0.2) is 66.7 Å². The highest BCUT2D eigenvalue weighted by molar-refractivity contribution is 7.76. The van der Waals surface area contributed by atoms with Gasteiger partial charge in [-0.1, -0.05) is 120 Å². The normalized spacial score (nSPS) is 16.6. The van der Waals surface area contributed by atoms with E-state index in [1.807, 2.05) is 12.1 Å². The lowest BCUT2D eigenvalue weighted by Crippen LogP contribution is -2.50. The molecular weight excluding hydrogens is 680 g/mol. The van der Waals surface area contributed by atoms with Crippen molar-refractivity contribution in [2.24, 2.45) is 11.8 Å². The van der Waals surface area contributed by atoms with Gasteiger partial charge >= 0.3 is 0 Å². The maximum atomic E-state index is 7.40. The van der Waals surface area contributed by atoms with Gasteiger partial charge in [0.15, 0.2) is 16.6 Å². The highest BCUT2D eigenvalue weighted by Crippen LogP contribution is 2.61. The fraction of sp³-hybridized carbons (Fsp3) is 0.818. The Morgan fingerprint density at radius 1 is 0.725 bits per heavy atom. The van der Waals surface area contributed by atoms with Crippen LogP contribution in [0.2, 0.25) is 36.3 Å². The summed E-state index contributed by atoms with van der Waals surface area (Å²) in [5.41, 5.74) is 1.17. The lowest BCUT2D eigenvalue weighted by atomic mass is 9.86. The van der Waals surface area contributed by atoms with Gasteiger partial charge in [-0.25, -0.2) is 0 Å². The molecule has 0 heterocycles. The highest BCUT2D eigenvalue weighted by Gasteiger charge is 2.44. The van der Waals surface area contributed by atoms with Crippen molar-refractivity contribution in [3.05, 3.63) is 42.0 Å². The maximum Gasteiger partial charge on any atom is 0.192 e. The molecule has 298 valence electrons. The molecule has 0 saturated carbocycles. The number of methoxy groups -OCH3 is 1. The molecule has 0 aliphatic rings. The quantitative estimate of drug-likeness (QED) is 0.0564. The monoisotopic (exact) mass is 766 g/mol. The molecule has 0 unspecified atom stereocenters. The summed E-state index contributed by atoms with van der Waals surface area (Å²) in [4.78, 5) is 0. The predicted octanol–water partition coefficient (Wildman–Crippen LogP) is 14.0. The van der Waals surface area contributed by atoms with Crippen LogP contribution in [0.15, 0.2) is 36.4 Å². The first kappa shape index (κ1) is 48.5. The van der Waals surface area contributed by atoms with Crippen LogP contribution in [0.25, 0.3) is 0 Å². The smallest absolute Gasteiger partial charge is 0.192 e. The minimum Gasteiger partial charge on any atom is -0.497 e. The number of benzene rings is 1. The van der Waals surface area contributed by atoms with Gasteiger partial charge in [-0.05, 0) is 86.6 Å². The van der Waals surface area contributed by atoms with E-state index in [2.05, 4.69) is 134 Å². The summed E-state index contributed by atoms with van der Waals surface area (Å²) in [5, 5.41) is 0.275. The van der Waals surface area contributed by atoms with Crippen LogP contribution < -0.4 is 4.74 Å². The van der Waals surface area contributed by atoms with Gasteiger partial charge in [-0.3, -0.25) is 0 Å². The van der Waals surface area contributed by atoms with Gasteiger partial charge in [0, 0.05) is 25.2 Å². The number of hydrogen-bond donors (Lipinski definition) is 0. The molecule has 0 aromatic heterocycles. The van der Waals surface area contributed by atoms with Crippen LogP contribution in [-0.2, 0) is 20.2 Å². The molecule has 5 atom stereocenters. The van der Waals surface area contributed by atoms with E-state index >= 15 is 0 Å². The molecule has 1 aromatic rings. The van der Waals surface area contributed by atoms with E-state index in [-0.39, 0.29) is 40.2 Å². The van der Waals surface area contributed by atoms with E-state index in [4.69, 9.17) is 18.3 Å². The van der Waals surface area contributed by atoms with Crippen LogP contribution >= 0.6 is 7.26 Å². The van der Waals surface area contributed by atoms with Gasteiger partial charge in [-0.2, -0.15) is 0 Å². The Morgan fingerprint density at radius 3 is 1.63 bits per heavy atom. The van der Waals surface area contributed by atoms with Crippen LogP contribution in [0, 0.1) is 11.8 Å². The summed E-state index contributed by atoms with van der Waals surface area (Å²) in [6, 6.07) is 8.34. The number of hydrogen-bond acceptors (Lipinski definition) is 4. The predicted molar refractivity (Wildman–Crippen MR) is 235 cm³/mol. The van der Waals surface area contributed by atoms with Crippen LogP contribution in [0.3, 0.4) is 0 Å². The lowest BCUT2D eigenvalue weighted by Gasteiger charge is -2.45. The van der Waals surface area contributed by atoms with Gasteiger partial charge in [0.1, 0.15) is 5.75 Å². The third-order valence-corrected chi connectivity index (χ3v) is 26.1. The molecule has 0 spiro atoms. The molecule has 0 aliphatic heterocycles. The third kappa shape index (κ3) is 16.4. The molecule has 1 aromatic carbocycles. The first-order valence-corrected chi connectivity index (χ1v) is 29.0. The Labute approximate surface area is 321 Å². The molecule has 0 fully saturated rings. The summed E-state index contributed by atoms with van der Waals surface area (Å²) in [6.07, 6.45) is 19.8. The van der Waals surface area contributed by atoms with Crippen molar-refractivity contribution in [3.8, 4) is 5.75 Å². The summed E-state index contributed by atoms with van der Waals surface area (Å²) in [6.45, 7) is 38.3. The third-order valence-electron chi connectivity index (χ3n) is 12.2. The number of ether oxygens (including phenoxy) is 2. The number of allylic oxidation sites excluding steroid dienone is 1. The second-order valence-electron chi connectivity index (χ2n) is 18.9. The minimum atomic E-state index is -2.09. The Balaban J connectivity index is 3.57. The van der Waals surface area contributed by atoms with E-state index < -0.39 is 23.9 Å². The SMILES string of the molecule is CCCC[P+](C/C=C\[C@H](C)[C@H](OCc1ccc(OC)cc1)[C@@H](C)[C@H](C[C@@H](C)O[Si](C)(C)C(C)(C)C)O[Si](C)(C)C(C)(C)C)(CCCC)CCCC. The Morgan fingerprint density at radius 2 is 1.20 bits per heavy atom. The van der Waals surface area contributed by atoms with Crippen molar-refractivity contribution in [1.29, 1.82) is 0 Å². The van der Waals surface area contributed by atoms with Gasteiger partial charge < -0.3 is 18.3 Å². The zero-order valence-electron chi connectivity index (χ0n) is 36.9. The first-order chi connectivity index (χ1) is 23.6. The van der Waals surface area contributed by atoms with Crippen molar-refractivity contribution in [3.63, 3.8) is 0 Å². The summed E-state index contributed by atoms with van der Waals surface area (Å²) in [5.74, 6) is 1.31. The Kier molecular flexibility index (Phi) is 21.1. The van der Waals surface area contributed by atoms with E-state index in [0.717, 1.165) is 12.2 Å². The standard InChI is InChI=1S/C44H86O4PSi2/c1-18-21-30-49(31-22-19-2,32-23-20-3)33-24-25-36(4)42(46-35-39-26-28-40(45-13)29-27-39)38(6)41(48-51(16,17)44(10,11)12)34-37(5)47-50(14,15)43(7,8)9/h24-29,36-38,41-42H,18-23,30-35H2,1-17H3/q+1/b25-24-/t36-,37+,38-,41-,42-/m0/s1. The molecule has 0 aliphatic carbocycles. The average molecular weight is 766 g/mol. The molecule has 0 N–H and O–H groups in total. The fourth-order valence-corrected chi connectivity index (χ4v) is 14.2. The van der Waals surface area contributed by atoms with Crippen molar-refractivity contribution < 1.29 is 18.3 Å². The topological polar surface area (TPSA) is 36.9 Å². The van der Waals surface area contributed by atoms with E-state index in [1.54, 1.807) is 7.11 Å². The van der Waals surface area contributed by atoms with Crippen LogP contribution in [0.4, 0.5) is 0 Å². The molecule has 1 rings (SSSR count). The highest BCUT2D eigenvalue weighted by atomic mass is 31.2. The molecule has 0 amide bonds. The van der Waals surface area contributed by atoms with Crippen LogP contribution in [0.5, 0.6) is 5.75 Å². The number of rotatable bonds is 25. The molecule has 0 bridgehead atoms. The zero-order chi connectivity index (χ0) is 39.1. The summed E-state index contributed by atoms with van der Waals surface area (Å²) < 4.78 is 26.9. The van der Waals surface area contributed by atoms with Crippen molar-refractivity contribution in [1.82, 2.24) is 0 Å². The van der Waals surface area contributed by atoms with Gasteiger partial charge in [0.2, 0.25) is 0 Å². The summed E-state index contributed by atoms with van der Waals surface area (Å²) in [7, 11) is -3.32. The fourth-order valence-electron chi connectivity index (χ4n) is 6.59. The van der Waals surface area contributed by atoms with Crippen LogP contribution in [0.1, 0.15) is 134 Å². The second kappa shape index (κ2) is 22.2. The minimum absolute atomic E-state index is 0.00727. The molecule has 51 heavy (non-hydrogen) atoms. The lowest BCUT2D eigenvalue weighted by molar-refractivity contribution is -0.0601. The van der Waals surface area contributed by atoms with Crippen molar-refractivity contribution >= 4 is 23.9 Å². The van der Waals surface area contributed by atoms with Gasteiger partial charge in [-0.15, -0.1) is 0 Å². The van der Waals surface area contributed by atoms with E-state index in [0.29, 0.717) is 6.61 Å². The Hall–Kier alpha value is -0.496. The molecule has 4 nitrogen and oxygen atoms in total. The van der Waals surface area contributed by atoms with Gasteiger partial charge in [0.25, 0.3) is 0 Å².